The zero-order chi connectivity index (χ0) is 22.2. The number of hydrogen-bond acceptors (Lipinski definition) is 7. The molecule has 0 spiro atoms. The number of thiazole rings is 1. The maximum absolute atomic E-state index is 13.0. The molecular formula is C23H22N4O4S. The Morgan fingerprint density at radius 1 is 1.06 bits per heavy atom. The second-order valence-corrected chi connectivity index (χ2v) is 8.99. The molecule has 9 heteroatoms. The van der Waals surface area contributed by atoms with Gasteiger partial charge in [-0.05, 0) is 55.8 Å². The van der Waals surface area contributed by atoms with Crippen LogP contribution in [0.1, 0.15) is 23.8 Å². The normalized spacial score (nSPS) is 19.9. The highest BCUT2D eigenvalue weighted by Gasteiger charge is 2.46. The lowest BCUT2D eigenvalue weighted by molar-refractivity contribution is -0.140. The Morgan fingerprint density at radius 3 is 2.59 bits per heavy atom. The average Bonchev–Trinajstić information content (AvgIpc) is 3.35. The predicted octanol–water partition coefficient (Wildman–Crippen LogP) is 3.44. The summed E-state index contributed by atoms with van der Waals surface area (Å²) >= 11 is 1.69. The number of para-hydroxylation sites is 1. The van der Waals surface area contributed by atoms with E-state index in [0.29, 0.717) is 18.0 Å². The molecule has 1 atom stereocenters. The first-order valence-electron chi connectivity index (χ1n) is 10.5. The number of ether oxygens (including phenoxy) is 1. The third-order valence-corrected chi connectivity index (χ3v) is 7.09. The minimum absolute atomic E-state index is 0.0947. The van der Waals surface area contributed by atoms with Gasteiger partial charge in [0.2, 0.25) is 0 Å². The number of carbonyl (C=O) groups excluding carboxylic acids is 3. The molecule has 2 saturated heterocycles. The number of anilines is 1. The number of imide groups is 2. The lowest BCUT2D eigenvalue weighted by Gasteiger charge is -2.33. The van der Waals surface area contributed by atoms with Crippen molar-refractivity contribution in [2.75, 3.05) is 31.8 Å². The Kier molecular flexibility index (Phi) is 5.36. The minimum atomic E-state index is -0.833. The highest BCUT2D eigenvalue weighted by molar-refractivity contribution is 7.18. The number of benzene rings is 2. The van der Waals surface area contributed by atoms with Crippen LogP contribution >= 0.6 is 11.3 Å². The van der Waals surface area contributed by atoms with Crippen LogP contribution in [0.2, 0.25) is 0 Å². The fourth-order valence-corrected chi connectivity index (χ4v) is 5.33. The van der Waals surface area contributed by atoms with Crippen LogP contribution < -0.4 is 9.64 Å². The SMILES string of the molecule is COc1ccc(N2C(=O)C(=O)N(CN3CCCC(c4nc5ccccc5s4)C3)C2=O)cc1. The lowest BCUT2D eigenvalue weighted by atomic mass is 9.99. The van der Waals surface area contributed by atoms with E-state index < -0.39 is 17.8 Å². The van der Waals surface area contributed by atoms with Crippen molar-refractivity contribution in [3.05, 3.63) is 53.5 Å². The lowest BCUT2D eigenvalue weighted by Crippen LogP contribution is -2.45. The number of amides is 4. The van der Waals surface area contributed by atoms with Gasteiger partial charge in [0.25, 0.3) is 0 Å². The molecule has 164 valence electrons. The molecule has 5 rings (SSSR count). The summed E-state index contributed by atoms with van der Waals surface area (Å²) in [6.45, 7) is 1.54. The summed E-state index contributed by atoms with van der Waals surface area (Å²) in [6, 6.07) is 13.9. The molecule has 3 aromatic rings. The second-order valence-electron chi connectivity index (χ2n) is 7.93. The van der Waals surface area contributed by atoms with Crippen LogP contribution in [0, 0.1) is 0 Å². The van der Waals surface area contributed by atoms with E-state index in [2.05, 4.69) is 11.0 Å². The van der Waals surface area contributed by atoms with Crippen molar-refractivity contribution >= 4 is 45.1 Å². The molecule has 2 aliphatic rings. The van der Waals surface area contributed by atoms with Crippen LogP contribution in [0.3, 0.4) is 0 Å². The first kappa shape index (κ1) is 20.6. The molecule has 0 radical (unpaired) electrons. The molecule has 0 saturated carbocycles. The van der Waals surface area contributed by atoms with Crippen LogP contribution in [-0.4, -0.2) is 59.5 Å². The summed E-state index contributed by atoms with van der Waals surface area (Å²) in [4.78, 5) is 46.9. The molecule has 1 unspecified atom stereocenters. The zero-order valence-corrected chi connectivity index (χ0v) is 18.4. The molecule has 4 amide bonds. The third-order valence-electron chi connectivity index (χ3n) is 5.89. The highest BCUT2D eigenvalue weighted by Crippen LogP contribution is 2.33. The van der Waals surface area contributed by atoms with Crippen LogP contribution in [0.4, 0.5) is 10.5 Å². The van der Waals surface area contributed by atoms with Gasteiger partial charge in [-0.2, -0.15) is 0 Å². The fraction of sp³-hybridized carbons (Fsp3) is 0.304. The quantitative estimate of drug-likeness (QED) is 0.438. The van der Waals surface area contributed by atoms with Crippen molar-refractivity contribution in [3.63, 3.8) is 0 Å². The summed E-state index contributed by atoms with van der Waals surface area (Å²) in [6.07, 6.45) is 1.95. The number of hydrogen-bond donors (Lipinski definition) is 0. The zero-order valence-electron chi connectivity index (χ0n) is 17.6. The van der Waals surface area contributed by atoms with Crippen LogP contribution in [-0.2, 0) is 9.59 Å². The Labute approximate surface area is 189 Å². The molecule has 1 aromatic heterocycles. The number of piperidine rings is 1. The smallest absolute Gasteiger partial charge is 0.340 e. The molecule has 0 aliphatic carbocycles. The van der Waals surface area contributed by atoms with Gasteiger partial charge in [0.15, 0.2) is 0 Å². The number of methoxy groups -OCH3 is 1. The van der Waals surface area contributed by atoms with Gasteiger partial charge in [0.1, 0.15) is 5.75 Å². The van der Waals surface area contributed by atoms with Gasteiger partial charge in [0.05, 0.1) is 34.7 Å². The van der Waals surface area contributed by atoms with Gasteiger partial charge < -0.3 is 4.74 Å². The Balaban J connectivity index is 1.31. The molecular weight excluding hydrogens is 428 g/mol. The Morgan fingerprint density at radius 2 is 1.84 bits per heavy atom. The molecule has 3 heterocycles. The van der Waals surface area contributed by atoms with Crippen molar-refractivity contribution in [2.45, 2.75) is 18.8 Å². The number of carbonyl (C=O) groups is 3. The third kappa shape index (κ3) is 3.63. The molecule has 2 fully saturated rings. The van der Waals surface area contributed by atoms with Gasteiger partial charge in [-0.1, -0.05) is 12.1 Å². The van der Waals surface area contributed by atoms with Crippen molar-refractivity contribution in [2.24, 2.45) is 0 Å². The molecule has 32 heavy (non-hydrogen) atoms. The first-order chi connectivity index (χ1) is 15.5. The maximum Gasteiger partial charge on any atom is 0.340 e. The summed E-state index contributed by atoms with van der Waals surface area (Å²) in [5.74, 6) is -0.791. The van der Waals surface area contributed by atoms with E-state index in [1.165, 1.54) is 7.11 Å². The highest BCUT2D eigenvalue weighted by atomic mass is 32.1. The van der Waals surface area contributed by atoms with Gasteiger partial charge in [-0.25, -0.2) is 19.6 Å². The molecule has 2 aliphatic heterocycles. The van der Waals surface area contributed by atoms with Crippen molar-refractivity contribution < 1.29 is 19.1 Å². The van der Waals surface area contributed by atoms with E-state index in [0.717, 1.165) is 44.4 Å². The summed E-state index contributed by atoms with van der Waals surface area (Å²) in [5, 5.41) is 1.07. The van der Waals surface area contributed by atoms with Gasteiger partial charge in [0, 0.05) is 12.5 Å². The Bertz CT molecular complexity index is 1160. The van der Waals surface area contributed by atoms with E-state index in [9.17, 15) is 14.4 Å². The molecule has 2 aromatic carbocycles. The van der Waals surface area contributed by atoms with Crippen molar-refractivity contribution in [1.82, 2.24) is 14.8 Å². The number of fused-ring (bicyclic) bond motifs is 1. The number of rotatable bonds is 5. The van der Waals surface area contributed by atoms with E-state index in [1.54, 1.807) is 35.6 Å². The van der Waals surface area contributed by atoms with Gasteiger partial charge >= 0.3 is 17.8 Å². The van der Waals surface area contributed by atoms with Crippen molar-refractivity contribution in [3.8, 4) is 5.75 Å². The van der Waals surface area contributed by atoms with Crippen LogP contribution in [0.15, 0.2) is 48.5 Å². The van der Waals surface area contributed by atoms with E-state index in [-0.39, 0.29) is 12.6 Å². The standard InChI is InChI=1S/C23H22N4O4S/c1-31-17-10-8-16(9-11-17)27-22(29)21(28)26(23(27)30)14-25-12-4-5-15(13-25)20-24-18-6-2-3-7-19(18)32-20/h2-3,6-11,15H,4-5,12-14H2,1H3. The summed E-state index contributed by atoms with van der Waals surface area (Å²) < 4.78 is 6.27. The average molecular weight is 451 g/mol. The van der Waals surface area contributed by atoms with E-state index in [1.807, 2.05) is 18.2 Å². The summed E-state index contributed by atoms with van der Waals surface area (Å²) in [5.41, 5.74) is 1.35. The van der Waals surface area contributed by atoms with E-state index >= 15 is 0 Å². The van der Waals surface area contributed by atoms with Gasteiger partial charge in [-0.3, -0.25) is 14.5 Å². The number of urea groups is 1. The topological polar surface area (TPSA) is 83.1 Å². The summed E-state index contributed by atoms with van der Waals surface area (Å²) in [7, 11) is 1.53. The molecule has 8 nitrogen and oxygen atoms in total. The number of nitrogens with zero attached hydrogens (tertiary/aromatic N) is 4. The maximum atomic E-state index is 13.0. The second kappa shape index (κ2) is 8.33. The molecule has 0 N–H and O–H groups in total. The molecule has 0 bridgehead atoms. The minimum Gasteiger partial charge on any atom is -0.497 e. The van der Waals surface area contributed by atoms with E-state index in [4.69, 9.17) is 9.72 Å². The first-order valence-corrected chi connectivity index (χ1v) is 11.3. The number of aromatic nitrogens is 1. The predicted molar refractivity (Wildman–Crippen MR) is 121 cm³/mol. The largest absolute Gasteiger partial charge is 0.497 e. The van der Waals surface area contributed by atoms with Crippen molar-refractivity contribution in [1.29, 1.82) is 0 Å². The monoisotopic (exact) mass is 450 g/mol. The van der Waals surface area contributed by atoms with Gasteiger partial charge in [-0.15, -0.1) is 11.3 Å². The van der Waals surface area contributed by atoms with Crippen LogP contribution in [0.25, 0.3) is 10.2 Å². The number of likely N-dealkylation sites (tertiary alicyclic amines) is 1. The van der Waals surface area contributed by atoms with Crippen LogP contribution in [0.5, 0.6) is 5.75 Å². The Hall–Kier alpha value is -3.30. The fourth-order valence-electron chi connectivity index (χ4n) is 4.24.